The van der Waals surface area contributed by atoms with Crippen LogP contribution in [0.2, 0.25) is 0 Å². The van der Waals surface area contributed by atoms with Crippen LogP contribution in [0.3, 0.4) is 0 Å². The third kappa shape index (κ3) is 4.61. The fourth-order valence-electron chi connectivity index (χ4n) is 5.62. The number of piperazine rings is 1. The fraction of sp³-hybridized carbons (Fsp3) is 0.519. The molecule has 0 saturated carbocycles. The minimum atomic E-state index is -0.391. The summed E-state index contributed by atoms with van der Waals surface area (Å²) < 4.78 is 34.8. The summed E-state index contributed by atoms with van der Waals surface area (Å²) in [6.45, 7) is 9.42. The minimum absolute atomic E-state index is 0.0748. The number of carbonyl (C=O) groups excluding carboxylic acids is 1. The third-order valence-corrected chi connectivity index (χ3v) is 7.23. The maximum absolute atomic E-state index is 14.8. The molecule has 0 aliphatic carbocycles. The van der Waals surface area contributed by atoms with Crippen LogP contribution in [0.25, 0.3) is 0 Å². The van der Waals surface area contributed by atoms with E-state index in [-0.39, 0.29) is 29.9 Å². The van der Waals surface area contributed by atoms with E-state index < -0.39 is 5.60 Å². The molecule has 8 heteroatoms. The number of halogens is 2. The number of benzene rings is 2. The van der Waals surface area contributed by atoms with Crippen molar-refractivity contribution in [1.82, 2.24) is 15.1 Å². The van der Waals surface area contributed by atoms with Crippen LogP contribution in [-0.4, -0.2) is 60.3 Å². The van der Waals surface area contributed by atoms with Crippen LogP contribution in [0, 0.1) is 11.6 Å². The van der Waals surface area contributed by atoms with Crippen LogP contribution in [-0.2, 0) is 6.42 Å². The molecule has 2 fully saturated rings. The van der Waals surface area contributed by atoms with Gasteiger partial charge < -0.3 is 15.0 Å². The lowest BCUT2D eigenvalue weighted by molar-refractivity contribution is 0.0986. The number of rotatable bonds is 6. The lowest BCUT2D eigenvalue weighted by Crippen LogP contribution is -2.56. The molecule has 0 spiro atoms. The molecule has 2 saturated heterocycles. The molecule has 1 N–H and O–H groups in total. The standard InChI is InChI=1S/C27H34F2N4O2/c1-4-5-11-31-17-24(33(26(31)34)21-8-6-19(28)7-9-21)32-12-10-30-16-23(32)22-14-20(29)13-18-15-27(2,3)35-25(18)22/h6-9,13-14,23-24,30H,4-5,10-12,15-17H2,1-3H3. The van der Waals surface area contributed by atoms with Gasteiger partial charge in [0.05, 0.1) is 12.6 Å². The third-order valence-electron chi connectivity index (χ3n) is 7.23. The Balaban J connectivity index is 1.53. The van der Waals surface area contributed by atoms with Gasteiger partial charge in [-0.15, -0.1) is 0 Å². The second-order valence-electron chi connectivity index (χ2n) is 10.4. The zero-order valence-electron chi connectivity index (χ0n) is 20.7. The SMILES string of the molecule is CCCCN1CC(N2CCNCC2c2cc(F)cc3c2OC(C)(C)C3)N(c2ccc(F)cc2)C1=O. The van der Waals surface area contributed by atoms with Gasteiger partial charge in [-0.25, -0.2) is 13.6 Å². The van der Waals surface area contributed by atoms with E-state index in [0.717, 1.165) is 36.3 Å². The molecule has 3 heterocycles. The van der Waals surface area contributed by atoms with Crippen LogP contribution < -0.4 is 15.0 Å². The van der Waals surface area contributed by atoms with Crippen LogP contribution in [0.1, 0.15) is 50.8 Å². The minimum Gasteiger partial charge on any atom is -0.487 e. The van der Waals surface area contributed by atoms with Crippen molar-refractivity contribution in [1.29, 1.82) is 0 Å². The number of hydrogen-bond donors (Lipinski definition) is 1. The van der Waals surface area contributed by atoms with Crippen molar-refractivity contribution in [3.63, 3.8) is 0 Å². The van der Waals surface area contributed by atoms with Gasteiger partial charge in [-0.3, -0.25) is 9.80 Å². The lowest BCUT2D eigenvalue weighted by atomic mass is 9.96. The molecule has 0 aromatic heterocycles. The maximum atomic E-state index is 14.8. The first-order valence-electron chi connectivity index (χ1n) is 12.6. The Labute approximate surface area is 205 Å². The molecule has 2 aromatic rings. The smallest absolute Gasteiger partial charge is 0.325 e. The average molecular weight is 485 g/mol. The first-order chi connectivity index (χ1) is 16.8. The van der Waals surface area contributed by atoms with E-state index in [1.54, 1.807) is 29.2 Å². The van der Waals surface area contributed by atoms with E-state index in [4.69, 9.17) is 4.74 Å². The van der Waals surface area contributed by atoms with Gasteiger partial charge in [0.25, 0.3) is 0 Å². The van der Waals surface area contributed by atoms with Gasteiger partial charge in [0.2, 0.25) is 0 Å². The molecule has 3 aliphatic heterocycles. The Morgan fingerprint density at radius 2 is 1.91 bits per heavy atom. The summed E-state index contributed by atoms with van der Waals surface area (Å²) in [5.41, 5.74) is 1.98. The van der Waals surface area contributed by atoms with Gasteiger partial charge in [-0.1, -0.05) is 13.3 Å². The van der Waals surface area contributed by atoms with Gasteiger partial charge in [0.15, 0.2) is 0 Å². The first kappa shape index (κ1) is 24.0. The number of amides is 2. The van der Waals surface area contributed by atoms with Gasteiger partial charge in [-0.2, -0.15) is 0 Å². The van der Waals surface area contributed by atoms with Crippen molar-refractivity contribution in [2.75, 3.05) is 37.6 Å². The number of nitrogens with zero attached hydrogens (tertiary/aromatic N) is 3. The van der Waals surface area contributed by atoms with Gasteiger partial charge in [-0.05, 0) is 56.7 Å². The second kappa shape index (κ2) is 9.39. The van der Waals surface area contributed by atoms with Crippen LogP contribution >= 0.6 is 0 Å². The summed E-state index contributed by atoms with van der Waals surface area (Å²) >= 11 is 0. The van der Waals surface area contributed by atoms with Crippen molar-refractivity contribution in [3.8, 4) is 5.75 Å². The molecule has 5 rings (SSSR count). The van der Waals surface area contributed by atoms with Crippen molar-refractivity contribution >= 4 is 11.7 Å². The molecular weight excluding hydrogens is 450 g/mol. The zero-order valence-corrected chi connectivity index (χ0v) is 20.7. The highest BCUT2D eigenvalue weighted by Crippen LogP contribution is 2.43. The van der Waals surface area contributed by atoms with Crippen molar-refractivity contribution in [3.05, 3.63) is 59.2 Å². The summed E-state index contributed by atoms with van der Waals surface area (Å²) in [6.07, 6.45) is 2.30. The highest BCUT2D eigenvalue weighted by atomic mass is 19.1. The van der Waals surface area contributed by atoms with Crippen LogP contribution in [0.15, 0.2) is 36.4 Å². The monoisotopic (exact) mass is 484 g/mol. The fourth-order valence-corrected chi connectivity index (χ4v) is 5.62. The van der Waals surface area contributed by atoms with E-state index in [1.165, 1.54) is 12.1 Å². The highest BCUT2D eigenvalue weighted by molar-refractivity contribution is 5.95. The quantitative estimate of drug-likeness (QED) is 0.646. The van der Waals surface area contributed by atoms with E-state index in [0.29, 0.717) is 38.3 Å². The number of anilines is 1. The molecule has 2 amide bonds. The van der Waals surface area contributed by atoms with E-state index in [1.807, 2.05) is 18.7 Å². The zero-order chi connectivity index (χ0) is 24.7. The van der Waals surface area contributed by atoms with Crippen molar-refractivity contribution in [2.45, 2.75) is 57.8 Å². The number of ether oxygens (including phenoxy) is 1. The maximum Gasteiger partial charge on any atom is 0.325 e. The predicted octanol–water partition coefficient (Wildman–Crippen LogP) is 4.69. The number of carbonyl (C=O) groups is 1. The second-order valence-corrected chi connectivity index (χ2v) is 10.4. The van der Waals surface area contributed by atoms with E-state index >= 15 is 0 Å². The molecule has 3 aliphatic rings. The normalized spacial score (nSPS) is 24.1. The number of urea groups is 1. The summed E-state index contributed by atoms with van der Waals surface area (Å²) in [5, 5.41) is 3.45. The Morgan fingerprint density at radius 3 is 2.66 bits per heavy atom. The number of fused-ring (bicyclic) bond motifs is 1. The Bertz CT molecular complexity index is 1090. The topological polar surface area (TPSA) is 48.0 Å². The Kier molecular flexibility index (Phi) is 6.44. The summed E-state index contributed by atoms with van der Waals surface area (Å²) in [4.78, 5) is 19.5. The van der Waals surface area contributed by atoms with E-state index in [9.17, 15) is 13.6 Å². The number of nitrogens with one attached hydrogen (secondary N) is 1. The largest absolute Gasteiger partial charge is 0.487 e. The van der Waals surface area contributed by atoms with Gasteiger partial charge in [0, 0.05) is 49.4 Å². The molecule has 2 atom stereocenters. The van der Waals surface area contributed by atoms with Crippen LogP contribution in [0.5, 0.6) is 5.75 Å². The van der Waals surface area contributed by atoms with Crippen LogP contribution in [0.4, 0.5) is 19.3 Å². The van der Waals surface area contributed by atoms with Gasteiger partial charge in [0.1, 0.15) is 29.2 Å². The highest BCUT2D eigenvalue weighted by Gasteiger charge is 2.45. The molecule has 35 heavy (non-hydrogen) atoms. The lowest BCUT2D eigenvalue weighted by Gasteiger charge is -2.43. The molecule has 188 valence electrons. The molecule has 6 nitrogen and oxygen atoms in total. The number of hydrogen-bond acceptors (Lipinski definition) is 4. The Hall–Kier alpha value is -2.71. The average Bonchev–Trinajstić information content (AvgIpc) is 3.32. The molecule has 2 aromatic carbocycles. The van der Waals surface area contributed by atoms with Gasteiger partial charge >= 0.3 is 6.03 Å². The Morgan fingerprint density at radius 1 is 1.14 bits per heavy atom. The summed E-state index contributed by atoms with van der Waals surface area (Å²) in [6, 6.07) is 9.00. The molecule has 0 radical (unpaired) electrons. The molecule has 0 bridgehead atoms. The first-order valence-corrected chi connectivity index (χ1v) is 12.6. The number of unbranched alkanes of at least 4 members (excludes halogenated alkanes) is 1. The van der Waals surface area contributed by atoms with Crippen molar-refractivity contribution < 1.29 is 18.3 Å². The molecular formula is C27H34F2N4O2. The molecule has 2 unspecified atom stereocenters. The predicted molar refractivity (Wildman–Crippen MR) is 132 cm³/mol. The van der Waals surface area contributed by atoms with Crippen molar-refractivity contribution in [2.24, 2.45) is 0 Å². The van der Waals surface area contributed by atoms with E-state index in [2.05, 4.69) is 17.1 Å². The summed E-state index contributed by atoms with van der Waals surface area (Å²) in [7, 11) is 0. The summed E-state index contributed by atoms with van der Waals surface area (Å²) in [5.74, 6) is 0.151.